The smallest absolute Gasteiger partial charge is 0.258 e. The van der Waals surface area contributed by atoms with Crippen LogP contribution >= 0.6 is 11.6 Å². The van der Waals surface area contributed by atoms with Crippen molar-refractivity contribution < 1.29 is 4.79 Å². The van der Waals surface area contributed by atoms with E-state index in [0.29, 0.717) is 33.9 Å². The molecule has 5 nitrogen and oxygen atoms in total. The summed E-state index contributed by atoms with van der Waals surface area (Å²) in [6, 6.07) is 12.4. The van der Waals surface area contributed by atoms with Gasteiger partial charge in [-0.2, -0.15) is 0 Å². The van der Waals surface area contributed by atoms with Crippen molar-refractivity contribution in [2.75, 3.05) is 6.54 Å². The van der Waals surface area contributed by atoms with Crippen LogP contribution in [0.5, 0.6) is 0 Å². The lowest BCUT2D eigenvalue weighted by molar-refractivity contribution is 0.0738. The maximum atomic E-state index is 12.9. The molecule has 3 rings (SSSR count). The van der Waals surface area contributed by atoms with Crippen molar-refractivity contribution in [1.29, 1.82) is 0 Å². The Labute approximate surface area is 156 Å². The second-order valence-electron chi connectivity index (χ2n) is 6.22. The summed E-state index contributed by atoms with van der Waals surface area (Å²) in [5.41, 5.74) is 1.87. The van der Waals surface area contributed by atoms with Crippen LogP contribution in [0.15, 0.2) is 47.3 Å². The van der Waals surface area contributed by atoms with Gasteiger partial charge in [-0.25, -0.2) is 4.98 Å². The van der Waals surface area contributed by atoms with E-state index in [1.807, 2.05) is 38.1 Å². The Morgan fingerprint density at radius 3 is 2.73 bits per heavy atom. The molecule has 6 heteroatoms. The van der Waals surface area contributed by atoms with Gasteiger partial charge in [0.25, 0.3) is 11.5 Å². The highest BCUT2D eigenvalue weighted by atomic mass is 35.5. The van der Waals surface area contributed by atoms with Crippen LogP contribution in [0, 0.1) is 6.92 Å². The maximum absolute atomic E-state index is 12.9. The Hall–Kier alpha value is -2.66. The number of nitrogens with zero attached hydrogens (tertiary/aromatic N) is 2. The minimum absolute atomic E-state index is 0.0706. The van der Waals surface area contributed by atoms with Crippen molar-refractivity contribution in [2.45, 2.75) is 26.8 Å². The molecule has 1 N–H and O–H groups in total. The number of aromatic amines is 1. The van der Waals surface area contributed by atoms with Crippen LogP contribution in [0.1, 0.15) is 35.1 Å². The zero-order valence-electron chi connectivity index (χ0n) is 14.8. The number of benzene rings is 2. The van der Waals surface area contributed by atoms with Crippen molar-refractivity contribution in [1.82, 2.24) is 14.9 Å². The highest BCUT2D eigenvalue weighted by molar-refractivity contribution is 6.31. The van der Waals surface area contributed by atoms with Crippen LogP contribution in [0.4, 0.5) is 0 Å². The number of aromatic nitrogens is 2. The quantitative estimate of drug-likeness (QED) is 0.740. The molecule has 2 aromatic carbocycles. The van der Waals surface area contributed by atoms with Gasteiger partial charge in [0.05, 0.1) is 17.4 Å². The molecule has 0 saturated heterocycles. The normalized spacial score (nSPS) is 10.9. The fourth-order valence-electron chi connectivity index (χ4n) is 2.92. The minimum Gasteiger partial charge on any atom is -0.331 e. The molecular formula is C20H20ClN3O2. The van der Waals surface area contributed by atoms with Gasteiger partial charge in [-0.1, -0.05) is 36.7 Å². The summed E-state index contributed by atoms with van der Waals surface area (Å²) in [7, 11) is 0. The van der Waals surface area contributed by atoms with E-state index in [-0.39, 0.29) is 18.0 Å². The predicted octanol–water partition coefficient (Wildman–Crippen LogP) is 3.94. The lowest BCUT2D eigenvalue weighted by Gasteiger charge is -2.22. The third-order valence-corrected chi connectivity index (χ3v) is 4.45. The largest absolute Gasteiger partial charge is 0.331 e. The topological polar surface area (TPSA) is 66.1 Å². The number of halogens is 1. The molecule has 0 aliphatic rings. The molecular weight excluding hydrogens is 350 g/mol. The van der Waals surface area contributed by atoms with Crippen LogP contribution in [0.25, 0.3) is 10.9 Å². The summed E-state index contributed by atoms with van der Waals surface area (Å²) in [5, 5.41) is 0.994. The summed E-state index contributed by atoms with van der Waals surface area (Å²) < 4.78 is 0. The van der Waals surface area contributed by atoms with E-state index in [9.17, 15) is 9.59 Å². The first-order valence-corrected chi connectivity index (χ1v) is 8.90. The van der Waals surface area contributed by atoms with Gasteiger partial charge in [0.1, 0.15) is 5.82 Å². The highest BCUT2D eigenvalue weighted by Gasteiger charge is 2.18. The first-order chi connectivity index (χ1) is 12.5. The highest BCUT2D eigenvalue weighted by Crippen LogP contribution is 2.16. The number of hydrogen-bond acceptors (Lipinski definition) is 3. The summed E-state index contributed by atoms with van der Waals surface area (Å²) in [6.07, 6.45) is 0.807. The molecule has 0 radical (unpaired) electrons. The lowest BCUT2D eigenvalue weighted by atomic mass is 10.1. The molecule has 0 atom stereocenters. The van der Waals surface area contributed by atoms with Gasteiger partial charge in [0.2, 0.25) is 0 Å². The molecule has 1 aromatic heterocycles. The van der Waals surface area contributed by atoms with Gasteiger partial charge in [0, 0.05) is 17.1 Å². The molecule has 0 aliphatic carbocycles. The van der Waals surface area contributed by atoms with Gasteiger partial charge >= 0.3 is 0 Å². The number of carbonyl (C=O) groups excluding carboxylic acids is 1. The fourth-order valence-corrected chi connectivity index (χ4v) is 3.09. The molecule has 0 unspecified atom stereocenters. The van der Waals surface area contributed by atoms with Gasteiger partial charge in [-0.15, -0.1) is 0 Å². The molecule has 3 aromatic rings. The second-order valence-corrected chi connectivity index (χ2v) is 6.65. The summed E-state index contributed by atoms with van der Waals surface area (Å²) in [5.74, 6) is 0.374. The Morgan fingerprint density at radius 2 is 2.00 bits per heavy atom. The third kappa shape index (κ3) is 3.78. The summed E-state index contributed by atoms with van der Waals surface area (Å²) >= 11 is 6.01. The standard InChI is InChI=1S/C20H20ClN3O2/c1-3-10-24(20(26)15-7-5-4-6-13(15)2)12-18-22-17-11-14(21)8-9-16(17)19(25)23-18/h4-9,11H,3,10,12H2,1-2H3,(H,22,23,25). The van der Waals surface area contributed by atoms with Crippen LogP contribution in [-0.2, 0) is 6.54 Å². The van der Waals surface area contributed by atoms with Crippen LogP contribution < -0.4 is 5.56 Å². The second kappa shape index (κ2) is 7.70. The van der Waals surface area contributed by atoms with Crippen LogP contribution in [-0.4, -0.2) is 27.3 Å². The number of amides is 1. The van der Waals surface area contributed by atoms with Crippen molar-refractivity contribution in [3.63, 3.8) is 0 Å². The van der Waals surface area contributed by atoms with Crippen molar-refractivity contribution in [3.05, 3.63) is 74.8 Å². The van der Waals surface area contributed by atoms with Gasteiger partial charge in [-0.3, -0.25) is 9.59 Å². The SMILES string of the molecule is CCCN(Cc1nc2cc(Cl)ccc2c(=O)[nH]1)C(=O)c1ccccc1C. The number of fused-ring (bicyclic) bond motifs is 1. The number of nitrogens with one attached hydrogen (secondary N) is 1. The van der Waals surface area contributed by atoms with E-state index in [4.69, 9.17) is 11.6 Å². The predicted molar refractivity (Wildman–Crippen MR) is 104 cm³/mol. The van der Waals surface area contributed by atoms with E-state index in [2.05, 4.69) is 9.97 Å². The molecule has 1 heterocycles. The number of H-pyrrole nitrogens is 1. The summed E-state index contributed by atoms with van der Waals surface area (Å²) in [4.78, 5) is 34.2. The Morgan fingerprint density at radius 1 is 1.23 bits per heavy atom. The molecule has 134 valence electrons. The molecule has 0 saturated carbocycles. The molecule has 0 bridgehead atoms. The number of carbonyl (C=O) groups is 1. The van der Waals surface area contributed by atoms with Gasteiger partial charge in [0.15, 0.2) is 0 Å². The Balaban J connectivity index is 1.95. The van der Waals surface area contributed by atoms with Crippen molar-refractivity contribution in [2.24, 2.45) is 0 Å². The molecule has 1 amide bonds. The van der Waals surface area contributed by atoms with E-state index in [0.717, 1.165) is 12.0 Å². The fraction of sp³-hybridized carbons (Fsp3) is 0.250. The van der Waals surface area contributed by atoms with E-state index in [1.54, 1.807) is 23.1 Å². The molecule has 26 heavy (non-hydrogen) atoms. The van der Waals surface area contributed by atoms with E-state index >= 15 is 0 Å². The van der Waals surface area contributed by atoms with Crippen LogP contribution in [0.2, 0.25) is 5.02 Å². The van der Waals surface area contributed by atoms with Gasteiger partial charge in [-0.05, 0) is 43.2 Å². The van der Waals surface area contributed by atoms with Crippen molar-refractivity contribution >= 4 is 28.4 Å². The van der Waals surface area contributed by atoms with Gasteiger partial charge < -0.3 is 9.88 Å². The Bertz CT molecular complexity index is 1010. The zero-order chi connectivity index (χ0) is 18.7. The van der Waals surface area contributed by atoms with Crippen LogP contribution in [0.3, 0.4) is 0 Å². The van der Waals surface area contributed by atoms with E-state index < -0.39 is 0 Å². The average Bonchev–Trinajstić information content (AvgIpc) is 2.61. The lowest BCUT2D eigenvalue weighted by Crippen LogP contribution is -2.33. The maximum Gasteiger partial charge on any atom is 0.258 e. The monoisotopic (exact) mass is 369 g/mol. The number of rotatable bonds is 5. The number of hydrogen-bond donors (Lipinski definition) is 1. The molecule has 0 fully saturated rings. The third-order valence-electron chi connectivity index (χ3n) is 4.21. The van der Waals surface area contributed by atoms with Crippen molar-refractivity contribution in [3.8, 4) is 0 Å². The first-order valence-electron chi connectivity index (χ1n) is 8.53. The average molecular weight is 370 g/mol. The molecule has 0 aliphatic heterocycles. The van der Waals surface area contributed by atoms with E-state index in [1.165, 1.54) is 0 Å². The molecule has 0 spiro atoms. The minimum atomic E-state index is -0.235. The number of aryl methyl sites for hydroxylation is 1. The Kier molecular flexibility index (Phi) is 5.38. The summed E-state index contributed by atoms with van der Waals surface area (Å²) in [6.45, 7) is 4.73. The first kappa shape index (κ1) is 18.1. The zero-order valence-corrected chi connectivity index (χ0v) is 15.5.